The first-order valence-electron chi connectivity index (χ1n) is 9.33. The monoisotopic (exact) mass is 295 g/mol. The van der Waals surface area contributed by atoms with E-state index in [0.717, 1.165) is 12.5 Å². The molecule has 1 heterocycles. The summed E-state index contributed by atoms with van der Waals surface area (Å²) in [7, 11) is 0. The molecule has 2 atom stereocenters. The molecule has 1 aliphatic carbocycles. The summed E-state index contributed by atoms with van der Waals surface area (Å²) in [6, 6.07) is 0. The summed E-state index contributed by atoms with van der Waals surface area (Å²) < 4.78 is 0. The van der Waals surface area contributed by atoms with Gasteiger partial charge in [0.25, 0.3) is 0 Å². The van der Waals surface area contributed by atoms with E-state index < -0.39 is 0 Å². The van der Waals surface area contributed by atoms with Gasteiger partial charge in [-0.1, -0.05) is 33.6 Å². The van der Waals surface area contributed by atoms with Crippen LogP contribution in [0.15, 0.2) is 0 Å². The molecule has 0 amide bonds. The van der Waals surface area contributed by atoms with Gasteiger partial charge in [-0.05, 0) is 43.7 Å². The van der Waals surface area contributed by atoms with E-state index in [1.807, 2.05) is 0 Å². The summed E-state index contributed by atoms with van der Waals surface area (Å²) in [5.74, 6) is 0.916. The van der Waals surface area contributed by atoms with Crippen molar-refractivity contribution in [3.05, 3.63) is 0 Å². The molecule has 0 bridgehead atoms. The van der Waals surface area contributed by atoms with Gasteiger partial charge in [-0.2, -0.15) is 0 Å². The Bertz CT molecular complexity index is 286. The predicted octanol–water partition coefficient (Wildman–Crippen LogP) is 2.82. The normalized spacial score (nSPS) is 32.4. The third-order valence-corrected chi connectivity index (χ3v) is 5.50. The molecule has 0 aromatic carbocycles. The van der Waals surface area contributed by atoms with Crippen molar-refractivity contribution in [2.75, 3.05) is 52.4 Å². The molecule has 0 radical (unpaired) electrons. The molecule has 3 heteroatoms. The summed E-state index contributed by atoms with van der Waals surface area (Å²) in [4.78, 5) is 5.39. The maximum absolute atomic E-state index is 3.66. The summed E-state index contributed by atoms with van der Waals surface area (Å²) >= 11 is 0. The first-order chi connectivity index (χ1) is 10.2. The van der Waals surface area contributed by atoms with Gasteiger partial charge in [-0.3, -0.25) is 0 Å². The molecule has 0 aromatic heterocycles. The van der Waals surface area contributed by atoms with Gasteiger partial charge in [-0.15, -0.1) is 0 Å². The van der Waals surface area contributed by atoms with Crippen LogP contribution in [0.4, 0.5) is 0 Å². The fraction of sp³-hybridized carbons (Fsp3) is 1.00. The van der Waals surface area contributed by atoms with Crippen molar-refractivity contribution in [2.45, 2.75) is 52.9 Å². The number of nitrogens with zero attached hydrogens (tertiary/aromatic N) is 2. The minimum Gasteiger partial charge on any atom is -0.316 e. The van der Waals surface area contributed by atoms with E-state index in [1.165, 1.54) is 77.9 Å². The number of piperazine rings is 1. The Morgan fingerprint density at radius 2 is 1.81 bits per heavy atom. The van der Waals surface area contributed by atoms with Crippen LogP contribution in [0.5, 0.6) is 0 Å². The van der Waals surface area contributed by atoms with Gasteiger partial charge in [0.05, 0.1) is 0 Å². The minimum absolute atomic E-state index is 0.542. The van der Waals surface area contributed by atoms with Gasteiger partial charge in [0.2, 0.25) is 0 Å². The van der Waals surface area contributed by atoms with E-state index in [0.29, 0.717) is 5.41 Å². The molecule has 3 nitrogen and oxygen atoms in total. The van der Waals surface area contributed by atoms with Crippen LogP contribution in [0.25, 0.3) is 0 Å². The van der Waals surface area contributed by atoms with Gasteiger partial charge >= 0.3 is 0 Å². The summed E-state index contributed by atoms with van der Waals surface area (Å²) in [5.41, 5.74) is 0.542. The molecule has 2 unspecified atom stereocenters. The number of nitrogens with one attached hydrogen (secondary N) is 1. The SMILES string of the molecule is CCCN1CCN(CC2(CNCC)CCCC(C)C2)CC1. The third-order valence-electron chi connectivity index (χ3n) is 5.50. The van der Waals surface area contributed by atoms with Crippen LogP contribution in [0.1, 0.15) is 52.9 Å². The average Bonchev–Trinajstić information content (AvgIpc) is 2.48. The third kappa shape index (κ3) is 5.22. The van der Waals surface area contributed by atoms with Crippen LogP contribution in [-0.4, -0.2) is 62.2 Å². The highest BCUT2D eigenvalue weighted by atomic mass is 15.3. The predicted molar refractivity (Wildman–Crippen MR) is 91.8 cm³/mol. The maximum Gasteiger partial charge on any atom is 0.0110 e. The molecular weight excluding hydrogens is 258 g/mol. The molecule has 0 aromatic rings. The molecule has 1 saturated carbocycles. The van der Waals surface area contributed by atoms with Crippen LogP contribution in [0.2, 0.25) is 0 Å². The van der Waals surface area contributed by atoms with Gasteiger partial charge in [0.1, 0.15) is 0 Å². The summed E-state index contributed by atoms with van der Waals surface area (Å²) in [6.07, 6.45) is 7.02. The number of hydrogen-bond donors (Lipinski definition) is 1. The van der Waals surface area contributed by atoms with Crippen molar-refractivity contribution >= 4 is 0 Å². The second-order valence-corrected chi connectivity index (χ2v) is 7.60. The smallest absolute Gasteiger partial charge is 0.0110 e. The molecule has 1 N–H and O–H groups in total. The molecule has 21 heavy (non-hydrogen) atoms. The Morgan fingerprint density at radius 1 is 1.10 bits per heavy atom. The van der Waals surface area contributed by atoms with Crippen LogP contribution < -0.4 is 5.32 Å². The summed E-state index contributed by atoms with van der Waals surface area (Å²) in [6.45, 7) is 17.1. The van der Waals surface area contributed by atoms with Crippen LogP contribution in [-0.2, 0) is 0 Å². The van der Waals surface area contributed by atoms with Crippen molar-refractivity contribution in [1.29, 1.82) is 0 Å². The zero-order valence-electron chi connectivity index (χ0n) is 14.7. The first kappa shape index (κ1) is 17.2. The van der Waals surface area contributed by atoms with Crippen molar-refractivity contribution in [1.82, 2.24) is 15.1 Å². The lowest BCUT2D eigenvalue weighted by Gasteiger charge is -2.45. The lowest BCUT2D eigenvalue weighted by molar-refractivity contribution is 0.0495. The Kier molecular flexibility index (Phi) is 6.97. The summed E-state index contributed by atoms with van der Waals surface area (Å²) in [5, 5.41) is 3.66. The van der Waals surface area contributed by atoms with E-state index >= 15 is 0 Å². The average molecular weight is 296 g/mol. The van der Waals surface area contributed by atoms with Crippen molar-refractivity contribution in [3.63, 3.8) is 0 Å². The Labute approximate surface area is 132 Å². The van der Waals surface area contributed by atoms with E-state index in [1.54, 1.807) is 0 Å². The van der Waals surface area contributed by atoms with Gasteiger partial charge < -0.3 is 15.1 Å². The Morgan fingerprint density at radius 3 is 2.43 bits per heavy atom. The van der Waals surface area contributed by atoms with Gasteiger partial charge in [0.15, 0.2) is 0 Å². The van der Waals surface area contributed by atoms with Crippen molar-refractivity contribution < 1.29 is 0 Å². The second kappa shape index (κ2) is 8.50. The van der Waals surface area contributed by atoms with E-state index in [4.69, 9.17) is 0 Å². The molecule has 1 saturated heterocycles. The minimum atomic E-state index is 0.542. The molecule has 124 valence electrons. The number of hydrogen-bond acceptors (Lipinski definition) is 3. The fourth-order valence-corrected chi connectivity index (χ4v) is 4.48. The van der Waals surface area contributed by atoms with Crippen molar-refractivity contribution in [3.8, 4) is 0 Å². The van der Waals surface area contributed by atoms with Gasteiger partial charge in [0, 0.05) is 39.3 Å². The zero-order chi connectivity index (χ0) is 15.1. The highest BCUT2D eigenvalue weighted by molar-refractivity contribution is 4.91. The Balaban J connectivity index is 1.87. The molecule has 0 spiro atoms. The van der Waals surface area contributed by atoms with Crippen LogP contribution in [0.3, 0.4) is 0 Å². The first-order valence-corrected chi connectivity index (χ1v) is 9.33. The second-order valence-electron chi connectivity index (χ2n) is 7.60. The topological polar surface area (TPSA) is 18.5 Å². The lowest BCUT2D eigenvalue weighted by atomic mass is 9.69. The lowest BCUT2D eigenvalue weighted by Crippen LogP contribution is -2.52. The van der Waals surface area contributed by atoms with Crippen LogP contribution >= 0.6 is 0 Å². The standard InChI is InChI=1S/C18H37N3/c1-4-9-20-10-12-21(13-11-20)16-18(15-19-5-2)8-6-7-17(3)14-18/h17,19H,4-16H2,1-3H3. The Hall–Kier alpha value is -0.120. The highest BCUT2D eigenvalue weighted by Crippen LogP contribution is 2.39. The maximum atomic E-state index is 3.66. The molecule has 2 rings (SSSR count). The highest BCUT2D eigenvalue weighted by Gasteiger charge is 2.36. The zero-order valence-corrected chi connectivity index (χ0v) is 14.7. The molecule has 1 aliphatic heterocycles. The largest absolute Gasteiger partial charge is 0.316 e. The van der Waals surface area contributed by atoms with Crippen LogP contribution in [0, 0.1) is 11.3 Å². The number of rotatable bonds is 7. The van der Waals surface area contributed by atoms with E-state index in [-0.39, 0.29) is 0 Å². The van der Waals surface area contributed by atoms with E-state index in [9.17, 15) is 0 Å². The van der Waals surface area contributed by atoms with E-state index in [2.05, 4.69) is 35.9 Å². The quantitative estimate of drug-likeness (QED) is 0.779. The molecular formula is C18H37N3. The van der Waals surface area contributed by atoms with Gasteiger partial charge in [-0.25, -0.2) is 0 Å². The van der Waals surface area contributed by atoms with Crippen molar-refractivity contribution in [2.24, 2.45) is 11.3 Å². The molecule has 2 aliphatic rings. The fourth-order valence-electron chi connectivity index (χ4n) is 4.48. The molecule has 2 fully saturated rings.